The number of aliphatic carboxylic acids is 1. The Hall–Kier alpha value is -0.690. The van der Waals surface area contributed by atoms with Crippen LogP contribution in [0.5, 0.6) is 0 Å². The van der Waals surface area contributed by atoms with Gasteiger partial charge in [0, 0.05) is 13.2 Å². The topological polar surface area (TPSA) is 91.0 Å². The van der Waals surface area contributed by atoms with Gasteiger partial charge in [0.2, 0.25) is 0 Å². The zero-order chi connectivity index (χ0) is 10.8. The minimum atomic E-state index is -1.03. The van der Waals surface area contributed by atoms with Crippen molar-refractivity contribution in [3.05, 3.63) is 0 Å². The van der Waals surface area contributed by atoms with Gasteiger partial charge >= 0.3 is 5.97 Å². The first-order chi connectivity index (χ1) is 6.70. The van der Waals surface area contributed by atoms with Gasteiger partial charge in [-0.3, -0.25) is 0 Å². The van der Waals surface area contributed by atoms with Gasteiger partial charge in [-0.25, -0.2) is 4.79 Å². The third-order valence-electron chi connectivity index (χ3n) is 1.26. The molecule has 1 unspecified atom stereocenters. The minimum Gasteiger partial charge on any atom is -0.480 e. The van der Waals surface area contributed by atoms with Crippen molar-refractivity contribution in [1.29, 1.82) is 0 Å². The highest BCUT2D eigenvalue weighted by Crippen LogP contribution is 1.96. The van der Waals surface area contributed by atoms with Crippen molar-refractivity contribution < 1.29 is 24.1 Å². The molecule has 0 amide bonds. The maximum Gasteiger partial charge on any atom is 0.329 e. The molecular formula is C8H17NO5. The molecule has 0 spiro atoms. The smallest absolute Gasteiger partial charge is 0.329 e. The lowest BCUT2D eigenvalue weighted by Gasteiger charge is -2.16. The second kappa shape index (κ2) is 8.89. The second-order valence-corrected chi connectivity index (χ2v) is 2.45. The van der Waals surface area contributed by atoms with E-state index in [1.807, 2.05) is 0 Å². The van der Waals surface area contributed by atoms with Crippen LogP contribution >= 0.6 is 0 Å². The van der Waals surface area contributed by atoms with Crippen LogP contribution in [-0.4, -0.2) is 50.3 Å². The number of hydrogen-bond donors (Lipinski definition) is 2. The van der Waals surface area contributed by atoms with E-state index >= 15 is 0 Å². The van der Waals surface area contributed by atoms with Crippen LogP contribution in [0.2, 0.25) is 0 Å². The maximum atomic E-state index is 10.2. The molecule has 0 saturated carbocycles. The van der Waals surface area contributed by atoms with Crippen molar-refractivity contribution in [3.8, 4) is 0 Å². The summed E-state index contributed by atoms with van der Waals surface area (Å²) >= 11 is 0. The Morgan fingerprint density at radius 1 is 1.50 bits per heavy atom. The molecule has 0 aliphatic carbocycles. The van der Waals surface area contributed by atoms with E-state index in [2.05, 4.69) is 0 Å². The van der Waals surface area contributed by atoms with Crippen LogP contribution in [0.4, 0.5) is 0 Å². The van der Waals surface area contributed by atoms with Crippen molar-refractivity contribution >= 4 is 5.97 Å². The van der Waals surface area contributed by atoms with Crippen LogP contribution < -0.4 is 5.73 Å². The van der Waals surface area contributed by atoms with E-state index in [1.54, 1.807) is 6.92 Å². The Labute approximate surface area is 82.9 Å². The summed E-state index contributed by atoms with van der Waals surface area (Å²) in [6.45, 7) is 2.85. The highest BCUT2D eigenvalue weighted by atomic mass is 16.7. The number of carboxylic acid groups (broad SMARTS) is 1. The van der Waals surface area contributed by atoms with Gasteiger partial charge in [-0.1, -0.05) is 0 Å². The number of carbonyl (C=O) groups is 1. The Bertz CT molecular complexity index is 153. The summed E-state index contributed by atoms with van der Waals surface area (Å²) < 4.78 is 15.1. The molecule has 84 valence electrons. The van der Waals surface area contributed by atoms with Crippen molar-refractivity contribution in [1.82, 2.24) is 0 Å². The molecule has 0 saturated heterocycles. The minimum absolute atomic E-state index is 0.193. The molecule has 1 atom stereocenters. The molecule has 0 bridgehead atoms. The summed E-state index contributed by atoms with van der Waals surface area (Å²) in [5, 5.41) is 8.36. The summed E-state index contributed by atoms with van der Waals surface area (Å²) in [6, 6.07) is 0. The van der Waals surface area contributed by atoms with Gasteiger partial charge in [0.25, 0.3) is 0 Å². The van der Waals surface area contributed by atoms with Crippen LogP contribution in [0.15, 0.2) is 0 Å². The fourth-order valence-corrected chi connectivity index (χ4v) is 0.757. The number of carboxylic acids is 1. The zero-order valence-corrected chi connectivity index (χ0v) is 8.27. The van der Waals surface area contributed by atoms with E-state index in [-0.39, 0.29) is 6.61 Å². The highest BCUT2D eigenvalue weighted by molar-refractivity contribution is 5.67. The number of hydrogen-bond acceptors (Lipinski definition) is 5. The van der Waals surface area contributed by atoms with Gasteiger partial charge in [-0.2, -0.15) is 0 Å². The number of rotatable bonds is 9. The monoisotopic (exact) mass is 207 g/mol. The standard InChI is InChI=1S/C8H17NO5/c1-2-13-8(6-12-4-3-9)14-5-7(10)11/h8H,2-6,9H2,1H3,(H,10,11). The molecular weight excluding hydrogens is 190 g/mol. The van der Waals surface area contributed by atoms with E-state index < -0.39 is 18.9 Å². The summed E-state index contributed by atoms with van der Waals surface area (Å²) in [5.74, 6) is -1.03. The van der Waals surface area contributed by atoms with Gasteiger partial charge < -0.3 is 25.1 Å². The highest BCUT2D eigenvalue weighted by Gasteiger charge is 2.10. The first-order valence-electron chi connectivity index (χ1n) is 4.43. The lowest BCUT2D eigenvalue weighted by Crippen LogP contribution is -2.27. The van der Waals surface area contributed by atoms with Crippen LogP contribution in [-0.2, 0) is 19.0 Å². The van der Waals surface area contributed by atoms with Gasteiger partial charge in [-0.05, 0) is 6.92 Å². The molecule has 0 aliphatic rings. The maximum absolute atomic E-state index is 10.2. The molecule has 0 aromatic rings. The average Bonchev–Trinajstić information content (AvgIpc) is 2.14. The van der Waals surface area contributed by atoms with Gasteiger partial charge in [0.1, 0.15) is 6.61 Å². The average molecular weight is 207 g/mol. The first-order valence-corrected chi connectivity index (χ1v) is 4.43. The molecule has 14 heavy (non-hydrogen) atoms. The molecule has 0 heterocycles. The van der Waals surface area contributed by atoms with E-state index in [0.29, 0.717) is 19.8 Å². The molecule has 0 aromatic heterocycles. The molecule has 0 fully saturated rings. The molecule has 3 N–H and O–H groups in total. The van der Waals surface area contributed by atoms with E-state index in [9.17, 15) is 4.79 Å². The number of ether oxygens (including phenoxy) is 3. The molecule has 0 aromatic carbocycles. The van der Waals surface area contributed by atoms with E-state index in [4.69, 9.17) is 25.1 Å². The molecule has 0 aliphatic heterocycles. The van der Waals surface area contributed by atoms with Gasteiger partial charge in [0.05, 0.1) is 13.2 Å². The quantitative estimate of drug-likeness (QED) is 0.388. The Morgan fingerprint density at radius 3 is 2.71 bits per heavy atom. The van der Waals surface area contributed by atoms with Crippen LogP contribution in [0.1, 0.15) is 6.92 Å². The Balaban J connectivity index is 3.59. The van der Waals surface area contributed by atoms with Gasteiger partial charge in [-0.15, -0.1) is 0 Å². The third-order valence-corrected chi connectivity index (χ3v) is 1.26. The lowest BCUT2D eigenvalue weighted by molar-refractivity contribution is -0.182. The van der Waals surface area contributed by atoms with E-state index in [1.165, 1.54) is 0 Å². The summed E-state index contributed by atoms with van der Waals surface area (Å²) in [7, 11) is 0. The molecule has 0 rings (SSSR count). The second-order valence-electron chi connectivity index (χ2n) is 2.45. The molecule has 6 nitrogen and oxygen atoms in total. The Morgan fingerprint density at radius 2 is 2.21 bits per heavy atom. The Kier molecular flexibility index (Phi) is 8.45. The SMILES string of the molecule is CCOC(COCCN)OCC(=O)O. The molecule has 0 radical (unpaired) electrons. The largest absolute Gasteiger partial charge is 0.480 e. The summed E-state index contributed by atoms with van der Waals surface area (Å²) in [6.07, 6.45) is -0.636. The fraction of sp³-hybridized carbons (Fsp3) is 0.875. The normalized spacial score (nSPS) is 12.7. The van der Waals surface area contributed by atoms with Crippen LogP contribution in [0.3, 0.4) is 0 Å². The lowest BCUT2D eigenvalue weighted by atomic mass is 10.6. The fourth-order valence-electron chi connectivity index (χ4n) is 0.757. The van der Waals surface area contributed by atoms with Crippen molar-refractivity contribution in [2.45, 2.75) is 13.2 Å². The first kappa shape index (κ1) is 13.3. The van der Waals surface area contributed by atoms with Crippen molar-refractivity contribution in [2.75, 3.05) is 33.0 Å². The number of nitrogens with two attached hydrogens (primary N) is 1. The predicted molar refractivity (Wildman–Crippen MR) is 48.9 cm³/mol. The molecule has 6 heteroatoms. The van der Waals surface area contributed by atoms with Crippen molar-refractivity contribution in [3.63, 3.8) is 0 Å². The summed E-state index contributed by atoms with van der Waals surface area (Å²) in [4.78, 5) is 10.2. The van der Waals surface area contributed by atoms with Crippen LogP contribution in [0, 0.1) is 0 Å². The third kappa shape index (κ3) is 7.93. The zero-order valence-electron chi connectivity index (χ0n) is 8.27. The summed E-state index contributed by atoms with van der Waals surface area (Å²) in [5.41, 5.74) is 5.21. The van der Waals surface area contributed by atoms with E-state index in [0.717, 1.165) is 0 Å². The van der Waals surface area contributed by atoms with Crippen LogP contribution in [0.25, 0.3) is 0 Å². The van der Waals surface area contributed by atoms with Crippen molar-refractivity contribution in [2.24, 2.45) is 5.73 Å². The predicted octanol–water partition coefficient (Wildman–Crippen LogP) is -0.574. The van der Waals surface area contributed by atoms with Gasteiger partial charge in [0.15, 0.2) is 6.29 Å².